The van der Waals surface area contributed by atoms with Gasteiger partial charge in [0.1, 0.15) is 0 Å². The van der Waals surface area contributed by atoms with Crippen molar-refractivity contribution < 1.29 is 13.0 Å². The molecule has 2 rings (SSSR count). The quantitative estimate of drug-likeness (QED) is 0.707. The fourth-order valence-electron chi connectivity index (χ4n) is 3.93. The van der Waals surface area contributed by atoms with Crippen molar-refractivity contribution in [2.24, 2.45) is 17.8 Å². The highest BCUT2D eigenvalue weighted by atomic mass is 32.2. The Morgan fingerprint density at radius 1 is 1.07 bits per heavy atom. The standard InChI is InChI=1S/C11H20O3S/c1-8-3-10-4-9(2)6-11(5-8,7-10)15(12,13)14/h8-10H,3-7H2,1-2H3,(H,12,13,14). The molecule has 88 valence electrons. The van der Waals surface area contributed by atoms with E-state index in [0.29, 0.717) is 37.0 Å². The van der Waals surface area contributed by atoms with Crippen LogP contribution in [0.4, 0.5) is 0 Å². The third-order valence-electron chi connectivity index (χ3n) is 4.12. The molecular weight excluding hydrogens is 212 g/mol. The second-order valence-corrected chi connectivity index (χ2v) is 7.63. The number of fused-ring (bicyclic) bond motifs is 2. The predicted octanol–water partition coefficient (Wildman–Crippen LogP) is 2.48. The Hall–Kier alpha value is -0.0900. The van der Waals surface area contributed by atoms with E-state index in [-0.39, 0.29) is 0 Å². The monoisotopic (exact) mass is 232 g/mol. The first-order valence-electron chi connectivity index (χ1n) is 5.79. The largest absolute Gasteiger partial charge is 0.285 e. The molecule has 2 fully saturated rings. The maximum atomic E-state index is 11.6. The van der Waals surface area contributed by atoms with Crippen molar-refractivity contribution in [2.45, 2.75) is 50.7 Å². The average molecular weight is 232 g/mol. The minimum atomic E-state index is -3.89. The molecule has 2 aliphatic carbocycles. The van der Waals surface area contributed by atoms with E-state index in [1.807, 2.05) is 0 Å². The van der Waals surface area contributed by atoms with Crippen molar-refractivity contribution >= 4 is 10.1 Å². The molecule has 4 heteroatoms. The van der Waals surface area contributed by atoms with E-state index in [2.05, 4.69) is 13.8 Å². The summed E-state index contributed by atoms with van der Waals surface area (Å²) < 4.78 is 31.8. The van der Waals surface area contributed by atoms with Gasteiger partial charge < -0.3 is 0 Å². The lowest BCUT2D eigenvalue weighted by Gasteiger charge is -2.47. The highest BCUT2D eigenvalue weighted by Crippen LogP contribution is 2.50. The van der Waals surface area contributed by atoms with E-state index in [1.54, 1.807) is 0 Å². The van der Waals surface area contributed by atoms with Crippen LogP contribution >= 0.6 is 0 Å². The molecule has 2 bridgehead atoms. The maximum absolute atomic E-state index is 11.6. The van der Waals surface area contributed by atoms with E-state index >= 15 is 0 Å². The summed E-state index contributed by atoms with van der Waals surface area (Å²) in [4.78, 5) is 0. The van der Waals surface area contributed by atoms with Gasteiger partial charge >= 0.3 is 0 Å². The van der Waals surface area contributed by atoms with E-state index in [0.717, 1.165) is 12.8 Å². The summed E-state index contributed by atoms with van der Waals surface area (Å²) in [7, 11) is -3.89. The van der Waals surface area contributed by atoms with Gasteiger partial charge in [-0.15, -0.1) is 0 Å². The van der Waals surface area contributed by atoms with Crippen molar-refractivity contribution in [1.29, 1.82) is 0 Å². The normalized spacial score (nSPS) is 46.5. The van der Waals surface area contributed by atoms with Gasteiger partial charge in [-0.2, -0.15) is 8.42 Å². The van der Waals surface area contributed by atoms with Crippen LogP contribution in [0, 0.1) is 17.8 Å². The molecule has 15 heavy (non-hydrogen) atoms. The molecule has 0 aromatic heterocycles. The second kappa shape index (κ2) is 3.45. The predicted molar refractivity (Wildman–Crippen MR) is 59.2 cm³/mol. The lowest BCUT2D eigenvalue weighted by Crippen LogP contribution is -2.49. The first kappa shape index (κ1) is 11.4. The molecular formula is C11H20O3S. The van der Waals surface area contributed by atoms with E-state index in [1.165, 1.54) is 0 Å². The lowest BCUT2D eigenvalue weighted by molar-refractivity contribution is 0.121. The van der Waals surface area contributed by atoms with E-state index < -0.39 is 14.9 Å². The molecule has 0 aromatic rings. The highest BCUT2D eigenvalue weighted by Gasteiger charge is 2.51. The molecule has 0 saturated heterocycles. The topological polar surface area (TPSA) is 54.4 Å². The third kappa shape index (κ3) is 1.94. The Kier molecular flexibility index (Phi) is 2.62. The van der Waals surface area contributed by atoms with E-state index in [9.17, 15) is 13.0 Å². The smallest absolute Gasteiger partial charge is 0.270 e. The van der Waals surface area contributed by atoms with Crippen LogP contribution in [-0.4, -0.2) is 17.7 Å². The molecule has 3 nitrogen and oxygen atoms in total. The highest BCUT2D eigenvalue weighted by molar-refractivity contribution is 7.87. The Balaban J connectivity index is 2.35. The van der Waals surface area contributed by atoms with Crippen LogP contribution in [0.3, 0.4) is 0 Å². The number of hydrogen-bond donors (Lipinski definition) is 1. The maximum Gasteiger partial charge on any atom is 0.270 e. The summed E-state index contributed by atoms with van der Waals surface area (Å²) in [5, 5.41) is 0. The van der Waals surface area contributed by atoms with Crippen molar-refractivity contribution in [2.75, 3.05) is 0 Å². The minimum Gasteiger partial charge on any atom is -0.285 e. The Labute approximate surface area is 92.0 Å². The van der Waals surface area contributed by atoms with Gasteiger partial charge in [0, 0.05) is 0 Å². The molecule has 0 aliphatic heterocycles. The van der Waals surface area contributed by atoms with Gasteiger partial charge in [0.05, 0.1) is 4.75 Å². The van der Waals surface area contributed by atoms with Crippen molar-refractivity contribution in [3.8, 4) is 0 Å². The summed E-state index contributed by atoms with van der Waals surface area (Å²) in [6, 6.07) is 0. The van der Waals surface area contributed by atoms with Crippen molar-refractivity contribution in [1.82, 2.24) is 0 Å². The van der Waals surface area contributed by atoms with Crippen LogP contribution in [-0.2, 0) is 10.1 Å². The van der Waals surface area contributed by atoms with Gasteiger partial charge in [0.2, 0.25) is 0 Å². The van der Waals surface area contributed by atoms with Crippen LogP contribution in [0.15, 0.2) is 0 Å². The first-order chi connectivity index (χ1) is 6.82. The van der Waals surface area contributed by atoms with Gasteiger partial charge in [-0.1, -0.05) is 13.8 Å². The molecule has 0 spiro atoms. The molecule has 2 saturated carbocycles. The minimum absolute atomic E-state index is 0.429. The van der Waals surface area contributed by atoms with E-state index in [4.69, 9.17) is 0 Å². The zero-order chi connectivity index (χ0) is 11.3. The molecule has 0 heterocycles. The zero-order valence-corrected chi connectivity index (χ0v) is 10.3. The Bertz CT molecular complexity index is 327. The SMILES string of the molecule is CC1CC2CC(C)CC(S(=O)(=O)O)(C1)C2. The molecule has 0 aromatic carbocycles. The van der Waals surface area contributed by atoms with Gasteiger partial charge in [-0.05, 0) is 49.9 Å². The fraction of sp³-hybridized carbons (Fsp3) is 1.00. The third-order valence-corrected chi connectivity index (χ3v) is 5.71. The number of hydrogen-bond acceptors (Lipinski definition) is 2. The summed E-state index contributed by atoms with van der Waals surface area (Å²) >= 11 is 0. The average Bonchev–Trinajstić information content (AvgIpc) is 1.97. The zero-order valence-electron chi connectivity index (χ0n) is 9.44. The summed E-state index contributed by atoms with van der Waals surface area (Å²) in [5.74, 6) is 1.36. The Morgan fingerprint density at radius 3 is 1.93 bits per heavy atom. The van der Waals surface area contributed by atoms with Crippen LogP contribution in [0.1, 0.15) is 46.0 Å². The van der Waals surface area contributed by atoms with Crippen LogP contribution in [0.5, 0.6) is 0 Å². The van der Waals surface area contributed by atoms with Crippen LogP contribution in [0.25, 0.3) is 0 Å². The molecule has 2 atom stereocenters. The molecule has 0 radical (unpaired) electrons. The van der Waals surface area contributed by atoms with Gasteiger partial charge in [0.15, 0.2) is 0 Å². The van der Waals surface area contributed by atoms with Crippen molar-refractivity contribution in [3.63, 3.8) is 0 Å². The molecule has 0 amide bonds. The first-order valence-corrected chi connectivity index (χ1v) is 7.23. The lowest BCUT2D eigenvalue weighted by atomic mass is 9.65. The van der Waals surface area contributed by atoms with Crippen molar-refractivity contribution in [3.05, 3.63) is 0 Å². The van der Waals surface area contributed by atoms with Gasteiger partial charge in [0.25, 0.3) is 10.1 Å². The molecule has 1 N–H and O–H groups in total. The summed E-state index contributed by atoms with van der Waals surface area (Å²) in [5.41, 5.74) is 0. The fourth-order valence-corrected chi connectivity index (χ4v) is 5.37. The van der Waals surface area contributed by atoms with Crippen LogP contribution in [0.2, 0.25) is 0 Å². The summed E-state index contributed by atoms with van der Waals surface area (Å²) in [6.45, 7) is 4.20. The Morgan fingerprint density at radius 2 is 1.53 bits per heavy atom. The van der Waals surface area contributed by atoms with Gasteiger partial charge in [-0.3, -0.25) is 4.55 Å². The van der Waals surface area contributed by atoms with Crippen LogP contribution < -0.4 is 0 Å². The second-order valence-electron chi connectivity index (χ2n) is 5.82. The number of rotatable bonds is 1. The van der Waals surface area contributed by atoms with Gasteiger partial charge in [-0.25, -0.2) is 0 Å². The molecule has 2 unspecified atom stereocenters. The summed E-state index contributed by atoms with van der Waals surface area (Å²) in [6.07, 6.45) is 4.23. The molecule has 2 aliphatic rings.